The third kappa shape index (κ3) is 3.18. The fraction of sp³-hybridized carbons (Fsp3) is 0. The van der Waals surface area contributed by atoms with Gasteiger partial charge in [0.15, 0.2) is 0 Å². The molecule has 0 saturated heterocycles. The van der Waals surface area contributed by atoms with Crippen LogP contribution in [0, 0.1) is 17.1 Å². The van der Waals surface area contributed by atoms with Crippen LogP contribution in [0.5, 0.6) is 0 Å². The molecule has 0 amide bonds. The van der Waals surface area contributed by atoms with E-state index in [9.17, 15) is 12.8 Å². The number of halogens is 3. The van der Waals surface area contributed by atoms with Crippen LogP contribution in [0.4, 0.5) is 10.1 Å². The summed E-state index contributed by atoms with van der Waals surface area (Å²) in [6.45, 7) is 0. The molecule has 0 aliphatic carbocycles. The molecule has 2 aromatic carbocycles. The summed E-state index contributed by atoms with van der Waals surface area (Å²) in [5.74, 6) is -0.898. The van der Waals surface area contributed by atoms with Crippen LogP contribution in [-0.4, -0.2) is 8.42 Å². The second-order valence-corrected chi connectivity index (χ2v) is 6.78. The molecule has 0 bridgehead atoms. The van der Waals surface area contributed by atoms with E-state index in [-0.39, 0.29) is 5.69 Å². The van der Waals surface area contributed by atoms with Gasteiger partial charge in [-0.1, -0.05) is 23.7 Å². The van der Waals surface area contributed by atoms with Crippen molar-refractivity contribution in [2.24, 2.45) is 0 Å². The number of anilines is 1. The Labute approximate surface area is 134 Å². The molecule has 108 valence electrons. The van der Waals surface area contributed by atoms with Crippen LogP contribution in [-0.2, 0) is 10.0 Å². The number of hydrogen-bond donors (Lipinski definition) is 1. The molecular formula is C13H7BrClFN2O2S. The maximum absolute atomic E-state index is 13.5. The fourth-order valence-electron chi connectivity index (χ4n) is 1.62. The predicted molar refractivity (Wildman–Crippen MR) is 81.1 cm³/mol. The zero-order valence-corrected chi connectivity index (χ0v) is 13.4. The summed E-state index contributed by atoms with van der Waals surface area (Å²) >= 11 is 9.04. The van der Waals surface area contributed by atoms with E-state index in [0.717, 1.165) is 12.1 Å². The van der Waals surface area contributed by atoms with E-state index in [2.05, 4.69) is 20.7 Å². The summed E-state index contributed by atoms with van der Waals surface area (Å²) in [4.78, 5) is -0.433. The van der Waals surface area contributed by atoms with Crippen molar-refractivity contribution in [1.82, 2.24) is 0 Å². The van der Waals surface area contributed by atoms with Crippen molar-refractivity contribution in [3.63, 3.8) is 0 Å². The van der Waals surface area contributed by atoms with E-state index in [4.69, 9.17) is 16.9 Å². The van der Waals surface area contributed by atoms with Crippen LogP contribution in [0.25, 0.3) is 0 Å². The van der Waals surface area contributed by atoms with Gasteiger partial charge in [-0.3, -0.25) is 4.72 Å². The Hall–Kier alpha value is -1.62. The molecule has 1 N–H and O–H groups in total. The van der Waals surface area contributed by atoms with Crippen LogP contribution >= 0.6 is 27.5 Å². The van der Waals surface area contributed by atoms with Crippen molar-refractivity contribution < 1.29 is 12.8 Å². The van der Waals surface area contributed by atoms with Crippen molar-refractivity contribution in [3.05, 3.63) is 57.3 Å². The normalized spacial score (nSPS) is 11.0. The molecule has 8 heteroatoms. The van der Waals surface area contributed by atoms with Gasteiger partial charge in [0.05, 0.1) is 15.2 Å². The Morgan fingerprint density at radius 3 is 2.57 bits per heavy atom. The summed E-state index contributed by atoms with van der Waals surface area (Å²) in [6.07, 6.45) is 0. The molecule has 0 unspecified atom stereocenters. The molecule has 0 heterocycles. The first kappa shape index (κ1) is 15.8. The van der Waals surface area contributed by atoms with Crippen molar-refractivity contribution in [2.45, 2.75) is 4.90 Å². The second kappa shape index (κ2) is 6.02. The standard InChI is InChI=1S/C13H7BrClFN2O2S/c14-13-9(15)3-1-5-11(13)18-21(19,20)12-6-2-4-10(16)8(12)7-17/h1-6,18H. The second-order valence-electron chi connectivity index (χ2n) is 3.93. The van der Waals surface area contributed by atoms with Crippen LogP contribution in [0.2, 0.25) is 5.02 Å². The molecular weight excluding hydrogens is 383 g/mol. The molecule has 0 fully saturated rings. The SMILES string of the molecule is N#Cc1c(F)cccc1S(=O)(=O)Nc1cccc(Cl)c1Br. The van der Waals surface area contributed by atoms with E-state index in [1.165, 1.54) is 12.1 Å². The Morgan fingerprint density at radius 1 is 1.24 bits per heavy atom. The number of sulfonamides is 1. The van der Waals surface area contributed by atoms with Gasteiger partial charge in [0, 0.05) is 0 Å². The lowest BCUT2D eigenvalue weighted by atomic mass is 10.2. The minimum atomic E-state index is -4.12. The van der Waals surface area contributed by atoms with Gasteiger partial charge in [0.2, 0.25) is 0 Å². The Kier molecular flexibility index (Phi) is 4.52. The maximum atomic E-state index is 13.5. The minimum absolute atomic E-state index is 0.190. The van der Waals surface area contributed by atoms with Gasteiger partial charge in [-0.25, -0.2) is 12.8 Å². The van der Waals surface area contributed by atoms with E-state index in [1.807, 2.05) is 0 Å². The van der Waals surface area contributed by atoms with Gasteiger partial charge in [0.1, 0.15) is 22.3 Å². The van der Waals surface area contributed by atoms with Crippen LogP contribution in [0.3, 0.4) is 0 Å². The highest BCUT2D eigenvalue weighted by atomic mass is 79.9. The average molecular weight is 390 g/mol. The molecule has 0 saturated carbocycles. The third-order valence-electron chi connectivity index (χ3n) is 2.57. The molecule has 2 rings (SSSR count). The Morgan fingerprint density at radius 2 is 1.90 bits per heavy atom. The van der Waals surface area contributed by atoms with Gasteiger partial charge >= 0.3 is 0 Å². The Bertz CT molecular complexity index is 850. The molecule has 0 spiro atoms. The number of nitriles is 1. The van der Waals surface area contributed by atoms with E-state index < -0.39 is 26.3 Å². The Balaban J connectivity index is 2.52. The summed E-state index contributed by atoms with van der Waals surface area (Å²) in [5.41, 5.74) is -0.348. The average Bonchev–Trinajstić information content (AvgIpc) is 2.43. The van der Waals surface area contributed by atoms with Crippen LogP contribution in [0.15, 0.2) is 45.8 Å². The predicted octanol–water partition coefficient (Wildman–Crippen LogP) is 3.91. The zero-order chi connectivity index (χ0) is 15.6. The first-order valence-corrected chi connectivity index (χ1v) is 8.17. The monoisotopic (exact) mass is 388 g/mol. The van der Waals surface area contributed by atoms with Crippen LogP contribution in [0.1, 0.15) is 5.56 Å². The lowest BCUT2D eigenvalue weighted by molar-refractivity contribution is 0.593. The molecule has 0 aliphatic rings. The maximum Gasteiger partial charge on any atom is 0.263 e. The molecule has 2 aromatic rings. The highest BCUT2D eigenvalue weighted by Crippen LogP contribution is 2.32. The number of rotatable bonds is 3. The molecule has 0 aromatic heterocycles. The fourth-order valence-corrected chi connectivity index (χ4v) is 3.53. The zero-order valence-electron chi connectivity index (χ0n) is 10.3. The van der Waals surface area contributed by atoms with E-state index in [1.54, 1.807) is 18.2 Å². The summed E-state index contributed by atoms with van der Waals surface area (Å²) < 4.78 is 40.7. The van der Waals surface area contributed by atoms with Gasteiger partial charge < -0.3 is 0 Å². The van der Waals surface area contributed by atoms with E-state index >= 15 is 0 Å². The molecule has 0 radical (unpaired) electrons. The summed E-state index contributed by atoms with van der Waals surface area (Å²) in [7, 11) is -4.12. The summed E-state index contributed by atoms with van der Waals surface area (Å²) in [5, 5.41) is 9.23. The number of nitrogens with zero attached hydrogens (tertiary/aromatic N) is 1. The lowest BCUT2D eigenvalue weighted by Crippen LogP contribution is -2.15. The van der Waals surface area contributed by atoms with Gasteiger partial charge in [-0.15, -0.1) is 0 Å². The first-order chi connectivity index (χ1) is 9.86. The van der Waals surface area contributed by atoms with Gasteiger partial charge in [0.25, 0.3) is 10.0 Å². The molecule has 21 heavy (non-hydrogen) atoms. The van der Waals surface area contributed by atoms with E-state index in [0.29, 0.717) is 9.50 Å². The number of benzene rings is 2. The largest absolute Gasteiger partial charge is 0.278 e. The van der Waals surface area contributed by atoms with Crippen molar-refractivity contribution in [2.75, 3.05) is 4.72 Å². The lowest BCUT2D eigenvalue weighted by Gasteiger charge is -2.11. The topological polar surface area (TPSA) is 70.0 Å². The minimum Gasteiger partial charge on any atom is -0.278 e. The number of nitrogens with one attached hydrogen (secondary N) is 1. The summed E-state index contributed by atoms with van der Waals surface area (Å²) in [6, 6.07) is 9.56. The highest BCUT2D eigenvalue weighted by molar-refractivity contribution is 9.10. The van der Waals surface area contributed by atoms with Crippen molar-refractivity contribution in [1.29, 1.82) is 5.26 Å². The van der Waals surface area contributed by atoms with Crippen molar-refractivity contribution >= 4 is 43.2 Å². The van der Waals surface area contributed by atoms with Gasteiger partial charge in [-0.05, 0) is 40.2 Å². The smallest absolute Gasteiger partial charge is 0.263 e. The third-order valence-corrected chi connectivity index (χ3v) is 5.38. The highest BCUT2D eigenvalue weighted by Gasteiger charge is 2.22. The quantitative estimate of drug-likeness (QED) is 0.865. The molecule has 0 atom stereocenters. The number of hydrogen-bond acceptors (Lipinski definition) is 3. The molecule has 4 nitrogen and oxygen atoms in total. The van der Waals surface area contributed by atoms with Crippen LogP contribution < -0.4 is 4.72 Å². The first-order valence-electron chi connectivity index (χ1n) is 5.52. The van der Waals surface area contributed by atoms with Crippen molar-refractivity contribution in [3.8, 4) is 6.07 Å². The van der Waals surface area contributed by atoms with Gasteiger partial charge in [-0.2, -0.15) is 5.26 Å². The molecule has 0 aliphatic heterocycles.